The third-order valence-corrected chi connectivity index (χ3v) is 7.65. The first kappa shape index (κ1) is 25.6. The van der Waals surface area contributed by atoms with E-state index in [-0.39, 0.29) is 42.6 Å². The van der Waals surface area contributed by atoms with Gasteiger partial charge in [-0.25, -0.2) is 4.79 Å². The Balaban J connectivity index is 1.36. The predicted octanol–water partition coefficient (Wildman–Crippen LogP) is 4.10. The highest BCUT2D eigenvalue weighted by atomic mass is 19.4. The molecule has 1 unspecified atom stereocenters. The summed E-state index contributed by atoms with van der Waals surface area (Å²) in [6.07, 6.45) is 1.52. The van der Waals surface area contributed by atoms with Gasteiger partial charge in [0.2, 0.25) is 0 Å². The number of likely N-dealkylation sites (tertiary alicyclic amines) is 2. The molecule has 1 aromatic heterocycles. The quantitative estimate of drug-likeness (QED) is 0.602. The van der Waals surface area contributed by atoms with E-state index in [1.165, 1.54) is 12.1 Å². The van der Waals surface area contributed by atoms with Crippen molar-refractivity contribution in [1.29, 1.82) is 0 Å². The minimum atomic E-state index is -4.48. The van der Waals surface area contributed by atoms with E-state index < -0.39 is 17.8 Å². The molecule has 1 aromatic carbocycles. The number of piperidine rings is 1. The molecular weight excluding hydrogens is 487 g/mol. The number of rotatable bonds is 6. The maximum Gasteiger partial charge on any atom is 0.416 e. The molecule has 1 aliphatic carbocycles. The monoisotopic (exact) mass is 519 g/mol. The van der Waals surface area contributed by atoms with Gasteiger partial charge in [-0.3, -0.25) is 9.48 Å². The number of halogens is 3. The maximum atomic E-state index is 13.8. The van der Waals surface area contributed by atoms with Crippen molar-refractivity contribution in [3.8, 4) is 0 Å². The lowest BCUT2D eigenvalue weighted by Crippen LogP contribution is -2.45. The highest BCUT2D eigenvalue weighted by molar-refractivity contribution is 5.96. The van der Waals surface area contributed by atoms with Crippen molar-refractivity contribution in [1.82, 2.24) is 24.9 Å². The second kappa shape index (κ2) is 10.4. The maximum absolute atomic E-state index is 13.8. The predicted molar refractivity (Wildman–Crippen MR) is 129 cm³/mol. The highest BCUT2D eigenvalue weighted by Gasteiger charge is 2.42. The van der Waals surface area contributed by atoms with Crippen LogP contribution in [0.15, 0.2) is 30.5 Å². The third-order valence-electron chi connectivity index (χ3n) is 7.65. The number of carbonyl (C=O) groups is 2. The van der Waals surface area contributed by atoms with Crippen LogP contribution in [0, 0.1) is 0 Å². The number of aliphatic hydroxyl groups is 1. The van der Waals surface area contributed by atoms with Crippen molar-refractivity contribution in [3.63, 3.8) is 0 Å². The van der Waals surface area contributed by atoms with Crippen LogP contribution in [-0.2, 0) is 6.18 Å². The lowest BCUT2D eigenvalue weighted by molar-refractivity contribution is -0.138. The Morgan fingerprint density at radius 2 is 1.78 bits per heavy atom. The molecule has 3 amide bonds. The number of carbonyl (C=O) groups excluding carboxylic acids is 2. The number of nitrogens with one attached hydrogen (secondary N) is 1. The highest BCUT2D eigenvalue weighted by Crippen LogP contribution is 2.45. The molecule has 2 aromatic rings. The molecule has 8 nitrogen and oxygen atoms in total. The minimum Gasteiger partial charge on any atom is -0.395 e. The fourth-order valence-corrected chi connectivity index (χ4v) is 5.71. The Kier molecular flexibility index (Phi) is 7.15. The summed E-state index contributed by atoms with van der Waals surface area (Å²) in [6, 6.07) is 4.75. The van der Waals surface area contributed by atoms with Crippen LogP contribution < -0.4 is 5.32 Å². The van der Waals surface area contributed by atoms with Gasteiger partial charge < -0.3 is 20.2 Å². The molecule has 3 heterocycles. The summed E-state index contributed by atoms with van der Waals surface area (Å²) in [7, 11) is 0. The molecule has 1 atom stereocenters. The standard InChI is InChI=1S/C26H32F3N5O3/c27-26(28,29)21-5-2-1-4-19(21)22-6-3-12-33(22)24(36)20-16-31-34(23(20)17-7-8-17)18-9-13-32(14-10-18)25(37)30-11-15-35/h1-2,4-5,16-18,22,35H,3,6-15H2,(H,30,37). The molecule has 5 rings (SSSR count). The van der Waals surface area contributed by atoms with Crippen LogP contribution in [0.4, 0.5) is 18.0 Å². The summed E-state index contributed by atoms with van der Waals surface area (Å²) in [5, 5.41) is 16.2. The van der Waals surface area contributed by atoms with Crippen LogP contribution in [0.5, 0.6) is 0 Å². The average Bonchev–Trinajstić information content (AvgIpc) is 3.44. The van der Waals surface area contributed by atoms with Crippen LogP contribution in [-0.4, -0.2) is 69.4 Å². The van der Waals surface area contributed by atoms with Crippen molar-refractivity contribution >= 4 is 11.9 Å². The molecule has 11 heteroatoms. The van der Waals surface area contributed by atoms with Gasteiger partial charge in [0.1, 0.15) is 0 Å². The number of amides is 3. The molecule has 3 fully saturated rings. The molecular formula is C26H32F3N5O3. The second-order valence-electron chi connectivity index (χ2n) is 10.1. The van der Waals surface area contributed by atoms with Gasteiger partial charge in [-0.2, -0.15) is 18.3 Å². The van der Waals surface area contributed by atoms with Crippen LogP contribution in [0.3, 0.4) is 0 Å². The van der Waals surface area contributed by atoms with E-state index in [0.717, 1.165) is 24.6 Å². The van der Waals surface area contributed by atoms with Gasteiger partial charge in [0, 0.05) is 32.1 Å². The largest absolute Gasteiger partial charge is 0.416 e. The van der Waals surface area contributed by atoms with E-state index in [9.17, 15) is 22.8 Å². The van der Waals surface area contributed by atoms with Crippen LogP contribution in [0.1, 0.15) is 83.7 Å². The second-order valence-corrected chi connectivity index (χ2v) is 10.1. The Morgan fingerprint density at radius 1 is 1.05 bits per heavy atom. The first-order valence-electron chi connectivity index (χ1n) is 13.0. The fourth-order valence-electron chi connectivity index (χ4n) is 5.71. The Morgan fingerprint density at radius 3 is 2.46 bits per heavy atom. The van der Waals surface area contributed by atoms with E-state index in [2.05, 4.69) is 10.4 Å². The Hall–Kier alpha value is -3.08. The molecule has 37 heavy (non-hydrogen) atoms. The molecule has 2 saturated heterocycles. The molecule has 3 aliphatic rings. The molecule has 0 spiro atoms. The van der Waals surface area contributed by atoms with Crippen LogP contribution in [0.2, 0.25) is 0 Å². The lowest BCUT2D eigenvalue weighted by atomic mass is 9.97. The number of alkyl halides is 3. The van der Waals surface area contributed by atoms with Crippen molar-refractivity contribution in [2.45, 2.75) is 62.7 Å². The summed E-state index contributed by atoms with van der Waals surface area (Å²) in [5.41, 5.74) is 0.825. The number of aromatic nitrogens is 2. The van der Waals surface area contributed by atoms with Gasteiger partial charge in [0.05, 0.1) is 41.7 Å². The fraction of sp³-hybridized carbons (Fsp3) is 0.577. The van der Waals surface area contributed by atoms with E-state index in [1.54, 1.807) is 22.1 Å². The van der Waals surface area contributed by atoms with Crippen molar-refractivity contribution < 1.29 is 27.9 Å². The Bertz CT molecular complexity index is 1140. The minimum absolute atomic E-state index is 0.0411. The molecule has 200 valence electrons. The van der Waals surface area contributed by atoms with Gasteiger partial charge in [0.15, 0.2) is 0 Å². The number of urea groups is 1. The SMILES string of the molecule is O=C(NCCO)N1CCC(n2ncc(C(=O)N3CCCC3c3ccccc3C(F)(F)F)c2C2CC2)CC1. The molecule has 2 aliphatic heterocycles. The van der Waals surface area contributed by atoms with Crippen LogP contribution in [0.25, 0.3) is 0 Å². The summed E-state index contributed by atoms with van der Waals surface area (Å²) < 4.78 is 43.1. The molecule has 0 bridgehead atoms. The van der Waals surface area contributed by atoms with Gasteiger partial charge in [0.25, 0.3) is 5.91 Å². The zero-order valence-electron chi connectivity index (χ0n) is 20.6. The summed E-state index contributed by atoms with van der Waals surface area (Å²) in [4.78, 5) is 29.3. The zero-order chi connectivity index (χ0) is 26.2. The van der Waals surface area contributed by atoms with Gasteiger partial charge >= 0.3 is 12.2 Å². The van der Waals surface area contributed by atoms with Crippen molar-refractivity contribution in [2.24, 2.45) is 0 Å². The number of hydrogen-bond acceptors (Lipinski definition) is 4. The molecule has 0 radical (unpaired) electrons. The van der Waals surface area contributed by atoms with Crippen LogP contribution >= 0.6 is 0 Å². The van der Waals surface area contributed by atoms with Gasteiger partial charge in [-0.1, -0.05) is 18.2 Å². The first-order chi connectivity index (χ1) is 17.8. The zero-order valence-corrected chi connectivity index (χ0v) is 20.6. The van der Waals surface area contributed by atoms with E-state index in [1.807, 2.05) is 4.68 Å². The average molecular weight is 520 g/mol. The van der Waals surface area contributed by atoms with E-state index in [0.29, 0.717) is 50.9 Å². The normalized spacial score (nSPS) is 20.9. The van der Waals surface area contributed by atoms with E-state index in [4.69, 9.17) is 5.11 Å². The number of nitrogens with zero attached hydrogens (tertiary/aromatic N) is 4. The van der Waals surface area contributed by atoms with Crippen molar-refractivity contribution in [2.75, 3.05) is 32.8 Å². The molecule has 1 saturated carbocycles. The molecule has 2 N–H and O–H groups in total. The lowest BCUT2D eigenvalue weighted by Gasteiger charge is -2.33. The number of benzene rings is 1. The van der Waals surface area contributed by atoms with Crippen molar-refractivity contribution in [3.05, 3.63) is 52.8 Å². The van der Waals surface area contributed by atoms with Gasteiger partial charge in [-0.15, -0.1) is 0 Å². The Labute approximate surface area is 213 Å². The topological polar surface area (TPSA) is 90.7 Å². The van der Waals surface area contributed by atoms with Gasteiger partial charge in [-0.05, 0) is 50.2 Å². The third kappa shape index (κ3) is 5.18. The van der Waals surface area contributed by atoms with E-state index >= 15 is 0 Å². The summed E-state index contributed by atoms with van der Waals surface area (Å²) in [5.74, 6) is -0.0377. The number of hydrogen-bond donors (Lipinski definition) is 2. The number of aliphatic hydroxyl groups excluding tert-OH is 1. The first-order valence-corrected chi connectivity index (χ1v) is 13.0. The summed E-state index contributed by atoms with van der Waals surface area (Å²) >= 11 is 0. The smallest absolute Gasteiger partial charge is 0.395 e. The summed E-state index contributed by atoms with van der Waals surface area (Å²) in [6.45, 7) is 1.58.